The van der Waals surface area contributed by atoms with Gasteiger partial charge in [0.15, 0.2) is 17.4 Å². The third-order valence-corrected chi connectivity index (χ3v) is 4.59. The van der Waals surface area contributed by atoms with Gasteiger partial charge in [0.2, 0.25) is 0 Å². The monoisotopic (exact) mass is 373 g/mol. The number of azo groups is 1. The highest BCUT2D eigenvalue weighted by atomic mass is 16.5. The maximum atomic E-state index is 12.6. The average molecular weight is 373 g/mol. The minimum atomic E-state index is -0.501. The van der Waals surface area contributed by atoms with Crippen LogP contribution >= 0.6 is 0 Å². The SMILES string of the molecule is Nc1nc(N)c(OC(=O)c2ccc3c(c2)CCC3)cc1N=Nc1ccccc1. The van der Waals surface area contributed by atoms with Gasteiger partial charge in [-0.05, 0) is 54.7 Å². The second kappa shape index (κ2) is 7.48. The van der Waals surface area contributed by atoms with Crippen LogP contribution < -0.4 is 16.2 Å². The van der Waals surface area contributed by atoms with Gasteiger partial charge >= 0.3 is 5.97 Å². The van der Waals surface area contributed by atoms with E-state index in [1.54, 1.807) is 18.2 Å². The average Bonchev–Trinajstić information content (AvgIpc) is 3.17. The molecule has 7 nitrogen and oxygen atoms in total. The van der Waals surface area contributed by atoms with Crippen molar-refractivity contribution in [3.8, 4) is 5.75 Å². The maximum Gasteiger partial charge on any atom is 0.343 e. The van der Waals surface area contributed by atoms with Gasteiger partial charge in [-0.3, -0.25) is 0 Å². The van der Waals surface area contributed by atoms with Crippen LogP contribution in [-0.4, -0.2) is 11.0 Å². The molecule has 1 aliphatic carbocycles. The van der Waals surface area contributed by atoms with Crippen molar-refractivity contribution in [2.75, 3.05) is 11.5 Å². The molecule has 2 aromatic carbocycles. The van der Waals surface area contributed by atoms with Crippen molar-refractivity contribution < 1.29 is 9.53 Å². The molecule has 0 saturated heterocycles. The first-order valence-corrected chi connectivity index (χ1v) is 8.97. The molecule has 0 unspecified atom stereocenters. The lowest BCUT2D eigenvalue weighted by molar-refractivity contribution is 0.0735. The molecule has 1 heterocycles. The number of hydrogen-bond acceptors (Lipinski definition) is 7. The first-order valence-electron chi connectivity index (χ1n) is 8.97. The molecule has 4 N–H and O–H groups in total. The number of nitrogens with zero attached hydrogens (tertiary/aromatic N) is 3. The van der Waals surface area contributed by atoms with E-state index in [2.05, 4.69) is 15.2 Å². The van der Waals surface area contributed by atoms with Gasteiger partial charge in [-0.2, -0.15) is 5.11 Å². The summed E-state index contributed by atoms with van der Waals surface area (Å²) in [5.41, 5.74) is 15.6. The number of anilines is 2. The number of nitrogens with two attached hydrogens (primary N) is 2. The molecule has 0 fully saturated rings. The molecule has 0 bridgehead atoms. The van der Waals surface area contributed by atoms with Gasteiger partial charge in [-0.15, -0.1) is 5.11 Å². The summed E-state index contributed by atoms with van der Waals surface area (Å²) in [4.78, 5) is 16.6. The van der Waals surface area contributed by atoms with E-state index in [0.29, 0.717) is 11.3 Å². The summed E-state index contributed by atoms with van der Waals surface area (Å²) in [6.45, 7) is 0. The van der Waals surface area contributed by atoms with Crippen LogP contribution in [0.25, 0.3) is 0 Å². The third kappa shape index (κ3) is 3.68. The number of aromatic nitrogens is 1. The summed E-state index contributed by atoms with van der Waals surface area (Å²) in [5.74, 6) is -0.277. The van der Waals surface area contributed by atoms with Gasteiger partial charge in [0.1, 0.15) is 5.69 Å². The molecule has 0 saturated carbocycles. The standard InChI is InChI=1S/C21H19N5O2/c22-19-17(26-25-16-7-2-1-3-8-16)12-18(20(23)24-19)28-21(27)15-10-9-13-5-4-6-14(13)11-15/h1-3,7-12H,4-6H2,(H4,22,23,24). The van der Waals surface area contributed by atoms with Crippen molar-refractivity contribution in [3.05, 3.63) is 71.3 Å². The zero-order chi connectivity index (χ0) is 19.5. The Morgan fingerprint density at radius 1 is 0.929 bits per heavy atom. The Morgan fingerprint density at radius 2 is 1.71 bits per heavy atom. The number of aryl methyl sites for hydroxylation is 2. The lowest BCUT2D eigenvalue weighted by Gasteiger charge is -2.09. The Balaban J connectivity index is 1.57. The van der Waals surface area contributed by atoms with Gasteiger partial charge < -0.3 is 16.2 Å². The van der Waals surface area contributed by atoms with Gasteiger partial charge in [0.05, 0.1) is 11.3 Å². The molecular formula is C21H19N5O2. The van der Waals surface area contributed by atoms with Crippen LogP contribution in [0.4, 0.5) is 23.0 Å². The van der Waals surface area contributed by atoms with E-state index in [4.69, 9.17) is 16.2 Å². The Labute approximate surface area is 162 Å². The number of nitrogen functional groups attached to an aromatic ring is 2. The van der Waals surface area contributed by atoms with Gasteiger partial charge in [0.25, 0.3) is 0 Å². The molecule has 0 spiro atoms. The van der Waals surface area contributed by atoms with E-state index in [9.17, 15) is 4.79 Å². The van der Waals surface area contributed by atoms with Crippen LogP contribution in [0.5, 0.6) is 5.75 Å². The fourth-order valence-electron chi connectivity index (χ4n) is 3.14. The number of pyridine rings is 1. The molecule has 0 radical (unpaired) electrons. The molecule has 1 aliphatic rings. The summed E-state index contributed by atoms with van der Waals surface area (Å²) in [7, 11) is 0. The van der Waals surface area contributed by atoms with Gasteiger partial charge in [-0.25, -0.2) is 9.78 Å². The summed E-state index contributed by atoms with van der Waals surface area (Å²) >= 11 is 0. The highest BCUT2D eigenvalue weighted by Crippen LogP contribution is 2.32. The molecular weight excluding hydrogens is 354 g/mol. The molecule has 0 amide bonds. The van der Waals surface area contributed by atoms with E-state index in [0.717, 1.165) is 19.3 Å². The Hall–Kier alpha value is -3.74. The summed E-state index contributed by atoms with van der Waals surface area (Å²) in [6.07, 6.45) is 3.14. The number of hydrogen-bond donors (Lipinski definition) is 2. The third-order valence-electron chi connectivity index (χ3n) is 4.59. The number of rotatable bonds is 4. The number of carbonyl (C=O) groups excluding carboxylic acids is 1. The molecule has 28 heavy (non-hydrogen) atoms. The highest BCUT2D eigenvalue weighted by molar-refractivity contribution is 5.92. The first kappa shape index (κ1) is 17.7. The van der Waals surface area contributed by atoms with Crippen molar-refractivity contribution in [1.82, 2.24) is 4.98 Å². The quantitative estimate of drug-likeness (QED) is 0.520. The van der Waals surface area contributed by atoms with Crippen LogP contribution in [0.3, 0.4) is 0 Å². The molecule has 7 heteroatoms. The lowest BCUT2D eigenvalue weighted by Crippen LogP contribution is -2.11. The molecule has 3 aromatic rings. The molecule has 140 valence electrons. The molecule has 0 aliphatic heterocycles. The largest absolute Gasteiger partial charge is 0.419 e. The Bertz CT molecular complexity index is 1060. The molecule has 1 aromatic heterocycles. The van der Waals surface area contributed by atoms with Crippen molar-refractivity contribution in [3.63, 3.8) is 0 Å². The predicted molar refractivity (Wildman–Crippen MR) is 107 cm³/mol. The number of benzene rings is 2. The zero-order valence-electron chi connectivity index (χ0n) is 15.1. The summed E-state index contributed by atoms with van der Waals surface area (Å²) in [6, 6.07) is 16.3. The summed E-state index contributed by atoms with van der Waals surface area (Å²) in [5, 5.41) is 8.20. The van der Waals surface area contributed by atoms with Gasteiger partial charge in [-0.1, -0.05) is 24.3 Å². The maximum absolute atomic E-state index is 12.6. The first-order chi connectivity index (χ1) is 13.6. The van der Waals surface area contributed by atoms with Crippen LogP contribution in [0.2, 0.25) is 0 Å². The van der Waals surface area contributed by atoms with Crippen LogP contribution in [0.15, 0.2) is 64.8 Å². The van der Waals surface area contributed by atoms with E-state index >= 15 is 0 Å². The number of ether oxygens (including phenoxy) is 1. The Kier molecular flexibility index (Phi) is 4.72. The molecule has 4 rings (SSSR count). The summed E-state index contributed by atoms with van der Waals surface area (Å²) < 4.78 is 5.46. The zero-order valence-corrected chi connectivity index (χ0v) is 15.1. The van der Waals surface area contributed by atoms with E-state index in [1.807, 2.05) is 30.3 Å². The fraction of sp³-hybridized carbons (Fsp3) is 0.143. The minimum absolute atomic E-state index is 0.0191. The van der Waals surface area contributed by atoms with Crippen molar-refractivity contribution in [2.45, 2.75) is 19.3 Å². The van der Waals surface area contributed by atoms with Crippen LogP contribution in [0.1, 0.15) is 27.9 Å². The van der Waals surface area contributed by atoms with E-state index in [-0.39, 0.29) is 23.1 Å². The normalized spacial score (nSPS) is 12.9. The van der Waals surface area contributed by atoms with Crippen LogP contribution in [0, 0.1) is 0 Å². The second-order valence-corrected chi connectivity index (χ2v) is 6.54. The molecule has 0 atom stereocenters. The number of carbonyl (C=O) groups is 1. The topological polar surface area (TPSA) is 116 Å². The van der Waals surface area contributed by atoms with Crippen molar-refractivity contribution in [1.29, 1.82) is 0 Å². The van der Waals surface area contributed by atoms with E-state index in [1.165, 1.54) is 17.2 Å². The smallest absolute Gasteiger partial charge is 0.343 e. The highest BCUT2D eigenvalue weighted by Gasteiger charge is 2.17. The number of fused-ring (bicyclic) bond motifs is 1. The lowest BCUT2D eigenvalue weighted by atomic mass is 10.1. The Morgan fingerprint density at radius 3 is 2.54 bits per heavy atom. The van der Waals surface area contributed by atoms with E-state index < -0.39 is 5.97 Å². The number of esters is 1. The predicted octanol–water partition coefficient (Wildman–Crippen LogP) is 4.37. The van der Waals surface area contributed by atoms with Crippen LogP contribution in [-0.2, 0) is 12.8 Å². The second-order valence-electron chi connectivity index (χ2n) is 6.54. The van der Waals surface area contributed by atoms with Crippen molar-refractivity contribution >= 4 is 29.0 Å². The van der Waals surface area contributed by atoms with Crippen molar-refractivity contribution in [2.24, 2.45) is 10.2 Å². The van der Waals surface area contributed by atoms with Gasteiger partial charge in [0, 0.05) is 6.07 Å². The minimum Gasteiger partial charge on any atom is -0.419 e. The fourth-order valence-corrected chi connectivity index (χ4v) is 3.14.